The summed E-state index contributed by atoms with van der Waals surface area (Å²) in [6.45, 7) is 1.31. The van der Waals surface area contributed by atoms with Crippen LogP contribution in [0.2, 0.25) is 0 Å². The van der Waals surface area contributed by atoms with Crippen molar-refractivity contribution >= 4 is 15.9 Å². The molecule has 0 aliphatic heterocycles. The summed E-state index contributed by atoms with van der Waals surface area (Å²) in [5.41, 5.74) is 1.58. The number of fused-ring (bicyclic) bond motifs is 1. The van der Waals surface area contributed by atoms with E-state index in [0.717, 1.165) is 31.0 Å². The number of nitrogens with zero attached hydrogens (tertiary/aromatic N) is 2. The highest BCUT2D eigenvalue weighted by atomic mass is 32.2. The van der Waals surface area contributed by atoms with Crippen LogP contribution in [0.25, 0.3) is 0 Å². The van der Waals surface area contributed by atoms with Gasteiger partial charge in [0.2, 0.25) is 0 Å². The van der Waals surface area contributed by atoms with Crippen LogP contribution in [0.5, 0.6) is 0 Å². The van der Waals surface area contributed by atoms with E-state index >= 15 is 0 Å². The predicted molar refractivity (Wildman–Crippen MR) is 85.6 cm³/mol. The van der Waals surface area contributed by atoms with Crippen LogP contribution in [0.3, 0.4) is 0 Å². The van der Waals surface area contributed by atoms with Crippen molar-refractivity contribution in [2.75, 3.05) is 0 Å². The van der Waals surface area contributed by atoms with Gasteiger partial charge in [-0.15, -0.1) is 0 Å². The van der Waals surface area contributed by atoms with Crippen LogP contribution in [0, 0.1) is 18.6 Å². The lowest BCUT2D eigenvalue weighted by Crippen LogP contribution is -2.32. The Kier molecular flexibility index (Phi) is 4.36. The third-order valence-corrected chi connectivity index (χ3v) is 5.66. The van der Waals surface area contributed by atoms with E-state index in [0.29, 0.717) is 18.1 Å². The van der Waals surface area contributed by atoms with Crippen LogP contribution in [0.4, 0.5) is 8.78 Å². The number of nitrogens with one attached hydrogen (secondary N) is 1. The van der Waals surface area contributed by atoms with E-state index in [1.165, 1.54) is 6.92 Å². The maximum Gasteiger partial charge on any atom is 0.285 e. The molecule has 0 unspecified atom stereocenters. The summed E-state index contributed by atoms with van der Waals surface area (Å²) in [6.07, 6.45) is 3.24. The van der Waals surface area contributed by atoms with Gasteiger partial charge in [0.25, 0.3) is 15.9 Å². The van der Waals surface area contributed by atoms with Crippen LogP contribution < -0.4 is 4.72 Å². The molecule has 0 fully saturated rings. The zero-order valence-electron chi connectivity index (χ0n) is 13.8. The van der Waals surface area contributed by atoms with E-state index in [-0.39, 0.29) is 11.3 Å². The standard InChI is InChI=1S/C16H17F2N3O3S/c1-9-7-12(18)14(8-11(9)17)25(23,24)20-16(22)15-10-5-3-4-6-13(10)21(2)19-15/h7-8H,3-6H2,1-2H3,(H,20,22). The molecule has 1 aliphatic rings. The third kappa shape index (κ3) is 3.15. The number of benzene rings is 1. The minimum Gasteiger partial charge on any atom is -0.272 e. The monoisotopic (exact) mass is 369 g/mol. The minimum atomic E-state index is -4.56. The fourth-order valence-corrected chi connectivity index (χ4v) is 4.04. The molecular weight excluding hydrogens is 352 g/mol. The van der Waals surface area contributed by atoms with Gasteiger partial charge in [0, 0.05) is 18.3 Å². The molecule has 25 heavy (non-hydrogen) atoms. The number of sulfonamides is 1. The van der Waals surface area contributed by atoms with Crippen molar-refractivity contribution in [3.8, 4) is 0 Å². The van der Waals surface area contributed by atoms with Gasteiger partial charge in [-0.05, 0) is 50.3 Å². The van der Waals surface area contributed by atoms with Gasteiger partial charge < -0.3 is 0 Å². The predicted octanol–water partition coefficient (Wildman–Crippen LogP) is 2.00. The molecule has 3 rings (SSSR count). The smallest absolute Gasteiger partial charge is 0.272 e. The number of carbonyl (C=O) groups excluding carboxylic acids is 1. The number of hydrogen-bond acceptors (Lipinski definition) is 4. The highest BCUT2D eigenvalue weighted by Crippen LogP contribution is 2.24. The van der Waals surface area contributed by atoms with E-state index in [9.17, 15) is 22.0 Å². The molecule has 0 saturated heterocycles. The van der Waals surface area contributed by atoms with Crippen molar-refractivity contribution in [2.24, 2.45) is 7.05 Å². The SMILES string of the molecule is Cc1cc(F)c(S(=O)(=O)NC(=O)c2nn(C)c3c2CCCC3)cc1F. The second kappa shape index (κ2) is 6.21. The maximum atomic E-state index is 13.9. The topological polar surface area (TPSA) is 81.1 Å². The van der Waals surface area contributed by atoms with Gasteiger partial charge in [-0.2, -0.15) is 5.10 Å². The molecule has 1 aliphatic carbocycles. The molecule has 9 heteroatoms. The van der Waals surface area contributed by atoms with E-state index in [4.69, 9.17) is 0 Å². The van der Waals surface area contributed by atoms with Crippen LogP contribution in [-0.4, -0.2) is 24.1 Å². The molecule has 2 aromatic rings. The molecule has 1 aromatic heterocycles. The first kappa shape index (κ1) is 17.5. The van der Waals surface area contributed by atoms with Crippen LogP contribution in [0.15, 0.2) is 17.0 Å². The summed E-state index contributed by atoms with van der Waals surface area (Å²) in [5, 5.41) is 4.10. The summed E-state index contributed by atoms with van der Waals surface area (Å²) in [6, 6.07) is 1.34. The van der Waals surface area contributed by atoms with Crippen molar-refractivity contribution in [1.82, 2.24) is 14.5 Å². The van der Waals surface area contributed by atoms with E-state index < -0.39 is 32.5 Å². The van der Waals surface area contributed by atoms with E-state index in [1.54, 1.807) is 16.5 Å². The zero-order valence-corrected chi connectivity index (χ0v) is 14.6. The lowest BCUT2D eigenvalue weighted by atomic mass is 9.95. The van der Waals surface area contributed by atoms with Crippen LogP contribution in [0.1, 0.15) is 40.2 Å². The Morgan fingerprint density at radius 3 is 2.60 bits per heavy atom. The quantitative estimate of drug-likeness (QED) is 0.897. The molecular formula is C16H17F2N3O3S. The van der Waals surface area contributed by atoms with Crippen molar-refractivity contribution < 1.29 is 22.0 Å². The second-order valence-electron chi connectivity index (χ2n) is 6.07. The van der Waals surface area contributed by atoms with E-state index in [1.807, 2.05) is 0 Å². The number of amides is 1. The summed E-state index contributed by atoms with van der Waals surface area (Å²) in [7, 11) is -2.87. The summed E-state index contributed by atoms with van der Waals surface area (Å²) >= 11 is 0. The van der Waals surface area contributed by atoms with Gasteiger partial charge in [-0.3, -0.25) is 9.48 Å². The molecule has 0 radical (unpaired) electrons. The van der Waals surface area contributed by atoms with Gasteiger partial charge in [-0.25, -0.2) is 21.9 Å². The van der Waals surface area contributed by atoms with Crippen molar-refractivity contribution in [3.63, 3.8) is 0 Å². The Hall–Kier alpha value is -2.29. The molecule has 1 N–H and O–H groups in total. The number of carbonyl (C=O) groups is 1. The lowest BCUT2D eigenvalue weighted by molar-refractivity contribution is 0.0975. The minimum absolute atomic E-state index is 0.00812. The highest BCUT2D eigenvalue weighted by Gasteiger charge is 2.29. The van der Waals surface area contributed by atoms with Crippen molar-refractivity contribution in [1.29, 1.82) is 0 Å². The lowest BCUT2D eigenvalue weighted by Gasteiger charge is -2.12. The highest BCUT2D eigenvalue weighted by molar-refractivity contribution is 7.90. The molecule has 1 aromatic carbocycles. The summed E-state index contributed by atoms with van der Waals surface area (Å²) < 4.78 is 55.5. The van der Waals surface area contributed by atoms with Crippen LogP contribution >= 0.6 is 0 Å². The van der Waals surface area contributed by atoms with Gasteiger partial charge in [0.1, 0.15) is 16.5 Å². The molecule has 0 saturated carbocycles. The first-order chi connectivity index (χ1) is 11.7. The summed E-state index contributed by atoms with van der Waals surface area (Å²) in [5.74, 6) is -2.94. The van der Waals surface area contributed by atoms with Crippen molar-refractivity contribution in [3.05, 3.63) is 46.3 Å². The number of rotatable bonds is 3. The molecule has 0 spiro atoms. The molecule has 134 valence electrons. The Bertz CT molecular complexity index is 967. The second-order valence-corrected chi connectivity index (χ2v) is 7.72. The molecule has 6 nitrogen and oxygen atoms in total. The molecule has 1 amide bonds. The number of hydrogen-bond donors (Lipinski definition) is 1. The number of halogens is 2. The fraction of sp³-hybridized carbons (Fsp3) is 0.375. The normalized spacial score (nSPS) is 14.2. The largest absolute Gasteiger partial charge is 0.285 e. The first-order valence-electron chi connectivity index (χ1n) is 7.78. The average Bonchev–Trinajstić information content (AvgIpc) is 2.88. The molecule has 1 heterocycles. The maximum absolute atomic E-state index is 13.9. The Morgan fingerprint density at radius 1 is 1.20 bits per heavy atom. The fourth-order valence-electron chi connectivity index (χ4n) is 3.01. The Morgan fingerprint density at radius 2 is 1.88 bits per heavy atom. The summed E-state index contributed by atoms with van der Waals surface area (Å²) in [4.78, 5) is 11.5. The first-order valence-corrected chi connectivity index (χ1v) is 9.26. The molecule has 0 atom stereocenters. The number of aryl methyl sites for hydroxylation is 2. The van der Waals surface area contributed by atoms with Gasteiger partial charge in [0.05, 0.1) is 0 Å². The number of aromatic nitrogens is 2. The zero-order chi connectivity index (χ0) is 18.4. The average molecular weight is 369 g/mol. The van der Waals surface area contributed by atoms with Crippen molar-refractivity contribution in [2.45, 2.75) is 37.5 Å². The Balaban J connectivity index is 1.94. The molecule has 0 bridgehead atoms. The Labute approximate surface area is 143 Å². The van der Waals surface area contributed by atoms with E-state index in [2.05, 4.69) is 5.10 Å². The van der Waals surface area contributed by atoms with Gasteiger partial charge >= 0.3 is 0 Å². The van der Waals surface area contributed by atoms with Gasteiger partial charge in [-0.1, -0.05) is 0 Å². The van der Waals surface area contributed by atoms with Crippen LogP contribution in [-0.2, 0) is 29.9 Å². The van der Waals surface area contributed by atoms with Gasteiger partial charge in [0.15, 0.2) is 5.69 Å². The third-order valence-electron chi connectivity index (χ3n) is 4.31.